The largest absolute Gasteiger partial charge is 0.476 e. The molecule has 126 valence electrons. The molecule has 1 amide bonds. The van der Waals surface area contributed by atoms with Crippen molar-refractivity contribution in [3.8, 4) is 5.88 Å². The lowest BCUT2D eigenvalue weighted by Gasteiger charge is -2.08. The highest BCUT2D eigenvalue weighted by molar-refractivity contribution is 6.04. The van der Waals surface area contributed by atoms with Crippen LogP contribution in [0.5, 0.6) is 5.88 Å². The van der Waals surface area contributed by atoms with E-state index >= 15 is 0 Å². The first-order valence-corrected chi connectivity index (χ1v) is 8.06. The van der Waals surface area contributed by atoms with Crippen LogP contribution in [0.25, 0.3) is 10.9 Å². The van der Waals surface area contributed by atoms with Gasteiger partial charge >= 0.3 is 0 Å². The minimum atomic E-state index is -0.179. The summed E-state index contributed by atoms with van der Waals surface area (Å²) in [4.78, 5) is 12.5. The quantitative estimate of drug-likeness (QED) is 0.755. The first-order chi connectivity index (χ1) is 11.6. The second-order valence-electron chi connectivity index (χ2n) is 5.49. The molecule has 0 bridgehead atoms. The molecule has 0 spiro atoms. The van der Waals surface area contributed by atoms with Gasteiger partial charge in [-0.3, -0.25) is 14.2 Å². The summed E-state index contributed by atoms with van der Waals surface area (Å²) in [5.41, 5.74) is 2.20. The molecule has 0 atom stereocenters. The fraction of sp³-hybridized carbons (Fsp3) is 0.353. The second kappa shape index (κ2) is 6.74. The minimum Gasteiger partial charge on any atom is -0.476 e. The van der Waals surface area contributed by atoms with Crippen LogP contribution >= 0.6 is 0 Å². The van der Waals surface area contributed by atoms with Gasteiger partial charge in [-0.15, -0.1) is 5.10 Å². The number of hydrogen-bond donors (Lipinski definition) is 1. The van der Waals surface area contributed by atoms with Gasteiger partial charge in [-0.2, -0.15) is 5.10 Å². The minimum absolute atomic E-state index is 0.179. The van der Waals surface area contributed by atoms with Gasteiger partial charge in [0.25, 0.3) is 5.91 Å². The summed E-state index contributed by atoms with van der Waals surface area (Å²) in [5, 5.41) is 12.3. The molecule has 3 rings (SSSR count). The van der Waals surface area contributed by atoms with Gasteiger partial charge in [0.2, 0.25) is 5.88 Å². The van der Waals surface area contributed by atoms with Crippen LogP contribution in [-0.4, -0.2) is 32.1 Å². The van der Waals surface area contributed by atoms with E-state index in [-0.39, 0.29) is 5.91 Å². The number of rotatable bonds is 6. The highest BCUT2D eigenvalue weighted by Gasteiger charge is 2.14. The topological polar surface area (TPSA) is 74.0 Å². The Labute approximate surface area is 140 Å². The van der Waals surface area contributed by atoms with Gasteiger partial charge in [0, 0.05) is 25.5 Å². The number of carbonyl (C=O) groups excluding carboxylic acids is 1. The predicted octanol–water partition coefficient (Wildman–Crippen LogP) is 2.83. The van der Waals surface area contributed by atoms with E-state index in [4.69, 9.17) is 4.74 Å². The Morgan fingerprint density at radius 2 is 2.12 bits per heavy atom. The summed E-state index contributed by atoms with van der Waals surface area (Å²) in [6.45, 7) is 5.22. The van der Waals surface area contributed by atoms with Crippen molar-refractivity contribution in [1.82, 2.24) is 19.6 Å². The molecule has 0 saturated heterocycles. The zero-order valence-corrected chi connectivity index (χ0v) is 14.1. The molecule has 0 unspecified atom stereocenters. The Balaban J connectivity index is 1.88. The number of aryl methyl sites for hydroxylation is 2. The molecular formula is C17H21N5O2. The summed E-state index contributed by atoms with van der Waals surface area (Å²) >= 11 is 0. The number of fused-ring (bicyclic) bond motifs is 1. The second-order valence-corrected chi connectivity index (χ2v) is 5.49. The third-order valence-electron chi connectivity index (χ3n) is 3.74. The fourth-order valence-corrected chi connectivity index (χ4v) is 2.67. The molecule has 1 N–H and O–H groups in total. The molecule has 0 aliphatic carbocycles. The maximum absolute atomic E-state index is 12.5. The monoisotopic (exact) mass is 327 g/mol. The van der Waals surface area contributed by atoms with Crippen LogP contribution in [0.1, 0.15) is 30.8 Å². The van der Waals surface area contributed by atoms with Gasteiger partial charge in [-0.1, -0.05) is 6.92 Å². The predicted molar refractivity (Wildman–Crippen MR) is 92.4 cm³/mol. The molecule has 2 aromatic heterocycles. The Hall–Kier alpha value is -2.83. The molecule has 3 aromatic rings. The van der Waals surface area contributed by atoms with Gasteiger partial charge in [0.05, 0.1) is 17.5 Å². The number of nitrogens with zero attached hydrogens (tertiary/aromatic N) is 4. The van der Waals surface area contributed by atoms with Crippen molar-refractivity contribution >= 4 is 22.5 Å². The highest BCUT2D eigenvalue weighted by Crippen LogP contribution is 2.27. The van der Waals surface area contributed by atoms with Crippen LogP contribution in [0.2, 0.25) is 0 Å². The van der Waals surface area contributed by atoms with Gasteiger partial charge in [-0.25, -0.2) is 0 Å². The number of hydrogen-bond acceptors (Lipinski definition) is 4. The molecule has 0 radical (unpaired) electrons. The zero-order valence-electron chi connectivity index (χ0n) is 14.1. The van der Waals surface area contributed by atoms with Crippen molar-refractivity contribution in [2.75, 3.05) is 11.9 Å². The first kappa shape index (κ1) is 16.0. The average molecular weight is 327 g/mol. The van der Waals surface area contributed by atoms with E-state index in [1.165, 1.54) is 0 Å². The number of anilines is 1. The van der Waals surface area contributed by atoms with Crippen LogP contribution in [-0.2, 0) is 13.6 Å². The van der Waals surface area contributed by atoms with Gasteiger partial charge in [-0.05, 0) is 37.6 Å². The standard InChI is InChI=1S/C17H21N5O2/c1-4-10-22-15(8-9-18-22)16(23)19-12-6-7-14-13(11-12)17(24-5-2)20-21(14)3/h6-9,11H,4-5,10H2,1-3H3,(H,19,23). The SMILES string of the molecule is CCCn1nccc1C(=O)Nc1ccc2c(c1)c(OCC)nn2C. The average Bonchev–Trinajstić information content (AvgIpc) is 3.14. The van der Waals surface area contributed by atoms with Crippen LogP contribution in [0.3, 0.4) is 0 Å². The third-order valence-corrected chi connectivity index (χ3v) is 3.74. The molecular weight excluding hydrogens is 306 g/mol. The fourth-order valence-electron chi connectivity index (χ4n) is 2.67. The summed E-state index contributed by atoms with van der Waals surface area (Å²) in [6.07, 6.45) is 2.56. The molecule has 2 heterocycles. The van der Waals surface area contributed by atoms with Crippen LogP contribution in [0.4, 0.5) is 5.69 Å². The van der Waals surface area contributed by atoms with E-state index in [0.29, 0.717) is 30.4 Å². The highest BCUT2D eigenvalue weighted by atomic mass is 16.5. The summed E-state index contributed by atoms with van der Waals surface area (Å²) in [7, 11) is 1.87. The Morgan fingerprint density at radius 1 is 1.29 bits per heavy atom. The Morgan fingerprint density at radius 3 is 2.88 bits per heavy atom. The van der Waals surface area contributed by atoms with E-state index < -0.39 is 0 Å². The number of aromatic nitrogens is 4. The molecule has 0 aliphatic rings. The van der Waals surface area contributed by atoms with Crippen molar-refractivity contribution < 1.29 is 9.53 Å². The molecule has 0 saturated carbocycles. The number of carbonyl (C=O) groups is 1. The maximum atomic E-state index is 12.5. The van der Waals surface area contributed by atoms with Crippen molar-refractivity contribution in [2.45, 2.75) is 26.8 Å². The summed E-state index contributed by atoms with van der Waals surface area (Å²) in [6, 6.07) is 7.38. The summed E-state index contributed by atoms with van der Waals surface area (Å²) < 4.78 is 9.04. The number of nitrogens with one attached hydrogen (secondary N) is 1. The van der Waals surface area contributed by atoms with E-state index in [9.17, 15) is 4.79 Å². The number of benzene rings is 1. The molecule has 24 heavy (non-hydrogen) atoms. The lowest BCUT2D eigenvalue weighted by atomic mass is 10.2. The van der Waals surface area contributed by atoms with E-state index in [2.05, 4.69) is 22.4 Å². The molecule has 0 aliphatic heterocycles. The first-order valence-electron chi connectivity index (χ1n) is 8.06. The van der Waals surface area contributed by atoms with E-state index in [1.54, 1.807) is 21.6 Å². The summed E-state index contributed by atoms with van der Waals surface area (Å²) in [5.74, 6) is 0.393. The van der Waals surface area contributed by atoms with E-state index in [1.807, 2.05) is 32.2 Å². The normalized spacial score (nSPS) is 11.0. The van der Waals surface area contributed by atoms with Gasteiger partial charge in [0.1, 0.15) is 5.69 Å². The van der Waals surface area contributed by atoms with Crippen molar-refractivity contribution in [1.29, 1.82) is 0 Å². The molecule has 1 aromatic carbocycles. The molecule has 0 fully saturated rings. The van der Waals surface area contributed by atoms with Crippen molar-refractivity contribution in [3.63, 3.8) is 0 Å². The maximum Gasteiger partial charge on any atom is 0.273 e. The third kappa shape index (κ3) is 2.97. The lowest BCUT2D eigenvalue weighted by Crippen LogP contribution is -2.17. The van der Waals surface area contributed by atoms with Gasteiger partial charge in [0.15, 0.2) is 0 Å². The Kier molecular flexibility index (Phi) is 4.50. The van der Waals surface area contributed by atoms with Crippen LogP contribution < -0.4 is 10.1 Å². The van der Waals surface area contributed by atoms with Crippen molar-refractivity contribution in [3.05, 3.63) is 36.2 Å². The Bertz CT molecular complexity index is 865. The number of amides is 1. The smallest absolute Gasteiger partial charge is 0.273 e. The van der Waals surface area contributed by atoms with E-state index in [0.717, 1.165) is 17.3 Å². The molecule has 7 nitrogen and oxygen atoms in total. The molecule has 7 heteroatoms. The zero-order chi connectivity index (χ0) is 17.1. The van der Waals surface area contributed by atoms with Gasteiger partial charge < -0.3 is 10.1 Å². The van der Waals surface area contributed by atoms with Crippen molar-refractivity contribution in [2.24, 2.45) is 7.05 Å². The van der Waals surface area contributed by atoms with Crippen LogP contribution in [0, 0.1) is 0 Å². The lowest BCUT2D eigenvalue weighted by molar-refractivity contribution is 0.101. The van der Waals surface area contributed by atoms with Crippen LogP contribution in [0.15, 0.2) is 30.5 Å². The number of ether oxygens (including phenoxy) is 1.